The van der Waals surface area contributed by atoms with Gasteiger partial charge in [-0.1, -0.05) is 23.7 Å². The third-order valence-electron chi connectivity index (χ3n) is 2.30. The highest BCUT2D eigenvalue weighted by Gasteiger charge is 2.16. The molecule has 0 aliphatic carbocycles. The lowest BCUT2D eigenvalue weighted by Gasteiger charge is -2.09. The van der Waals surface area contributed by atoms with Crippen molar-refractivity contribution in [3.63, 3.8) is 0 Å². The van der Waals surface area contributed by atoms with E-state index in [1.54, 1.807) is 12.1 Å². The zero-order chi connectivity index (χ0) is 13.9. The number of para-hydroxylation sites is 1. The Kier molecular flexibility index (Phi) is 3.69. The largest absolute Gasteiger partial charge is 0.278 e. The van der Waals surface area contributed by atoms with Crippen molar-refractivity contribution in [2.45, 2.75) is 4.90 Å². The van der Waals surface area contributed by atoms with E-state index in [2.05, 4.69) is 9.71 Å². The lowest BCUT2D eigenvalue weighted by Crippen LogP contribution is -2.13. The summed E-state index contributed by atoms with van der Waals surface area (Å²) in [6, 6.07) is 10.8. The minimum Gasteiger partial charge on any atom is -0.278 e. The van der Waals surface area contributed by atoms with E-state index in [0.29, 0.717) is 0 Å². The number of nitriles is 1. The Morgan fingerprint density at radius 3 is 2.68 bits per heavy atom. The summed E-state index contributed by atoms with van der Waals surface area (Å²) in [6.07, 6.45) is 1.30. The van der Waals surface area contributed by atoms with Crippen LogP contribution in [0.25, 0.3) is 0 Å². The van der Waals surface area contributed by atoms with Crippen molar-refractivity contribution in [1.82, 2.24) is 4.98 Å². The molecule has 0 unspecified atom stereocenters. The normalized spacial score (nSPS) is 10.7. The van der Waals surface area contributed by atoms with Crippen LogP contribution >= 0.6 is 11.6 Å². The molecule has 96 valence electrons. The average molecular weight is 294 g/mol. The van der Waals surface area contributed by atoms with Crippen LogP contribution in [0, 0.1) is 11.3 Å². The van der Waals surface area contributed by atoms with Gasteiger partial charge in [-0.25, -0.2) is 13.4 Å². The fourth-order valence-corrected chi connectivity index (χ4v) is 2.76. The van der Waals surface area contributed by atoms with Crippen molar-refractivity contribution < 1.29 is 8.42 Å². The molecule has 1 aromatic carbocycles. The maximum Gasteiger partial charge on any atom is 0.262 e. The van der Waals surface area contributed by atoms with E-state index >= 15 is 0 Å². The van der Waals surface area contributed by atoms with E-state index < -0.39 is 10.0 Å². The summed E-state index contributed by atoms with van der Waals surface area (Å²) < 4.78 is 26.6. The molecular formula is C12H8ClN3O2S. The highest BCUT2D eigenvalue weighted by Crippen LogP contribution is 2.20. The summed E-state index contributed by atoms with van der Waals surface area (Å²) in [5, 5.41) is 8.99. The quantitative estimate of drug-likeness (QED) is 0.881. The second-order valence-electron chi connectivity index (χ2n) is 3.58. The maximum absolute atomic E-state index is 12.1. The molecule has 0 aliphatic rings. The molecule has 1 aromatic heterocycles. The Morgan fingerprint density at radius 1 is 1.26 bits per heavy atom. The molecule has 7 heteroatoms. The van der Waals surface area contributed by atoms with Crippen LogP contribution in [0.4, 0.5) is 5.69 Å². The van der Waals surface area contributed by atoms with Crippen LogP contribution in [-0.4, -0.2) is 13.4 Å². The summed E-state index contributed by atoms with van der Waals surface area (Å²) in [7, 11) is -3.79. The van der Waals surface area contributed by atoms with Gasteiger partial charge in [-0.2, -0.15) is 5.26 Å². The Morgan fingerprint density at radius 2 is 2.00 bits per heavy atom. The molecule has 2 aromatic rings. The molecule has 0 atom stereocenters. The Hall–Kier alpha value is -2.10. The van der Waals surface area contributed by atoms with Crippen LogP contribution < -0.4 is 4.72 Å². The van der Waals surface area contributed by atoms with Crippen LogP contribution in [0.5, 0.6) is 0 Å². The number of aromatic nitrogens is 1. The molecule has 1 heterocycles. The summed E-state index contributed by atoms with van der Waals surface area (Å²) in [4.78, 5) is 3.70. The first-order chi connectivity index (χ1) is 9.03. The number of hydrogen-bond donors (Lipinski definition) is 1. The molecule has 19 heavy (non-hydrogen) atoms. The molecule has 2 rings (SSSR count). The van der Waals surface area contributed by atoms with Crippen molar-refractivity contribution in [1.29, 1.82) is 5.26 Å². The van der Waals surface area contributed by atoms with Crippen LogP contribution in [0.15, 0.2) is 47.5 Å². The first-order valence-electron chi connectivity index (χ1n) is 5.16. The predicted molar refractivity (Wildman–Crippen MR) is 71.2 cm³/mol. The highest BCUT2D eigenvalue weighted by atomic mass is 35.5. The zero-order valence-corrected chi connectivity index (χ0v) is 11.1. The first kappa shape index (κ1) is 13.3. The topological polar surface area (TPSA) is 82.9 Å². The Bertz CT molecular complexity index is 754. The molecule has 0 saturated heterocycles. The van der Waals surface area contributed by atoms with Gasteiger partial charge in [-0.05, 0) is 24.3 Å². The number of halogens is 1. The number of benzene rings is 1. The van der Waals surface area contributed by atoms with Crippen molar-refractivity contribution >= 4 is 27.3 Å². The fraction of sp³-hybridized carbons (Fsp3) is 0. The van der Waals surface area contributed by atoms with Crippen molar-refractivity contribution in [2.75, 3.05) is 4.72 Å². The summed E-state index contributed by atoms with van der Waals surface area (Å²) >= 11 is 5.66. The monoisotopic (exact) mass is 293 g/mol. The zero-order valence-electron chi connectivity index (χ0n) is 9.54. The van der Waals surface area contributed by atoms with Crippen LogP contribution in [0.1, 0.15) is 5.56 Å². The van der Waals surface area contributed by atoms with E-state index in [9.17, 15) is 8.42 Å². The minimum absolute atomic E-state index is 0.0137. The van der Waals surface area contributed by atoms with Gasteiger partial charge in [0, 0.05) is 6.20 Å². The van der Waals surface area contributed by atoms with E-state index in [0.717, 1.165) is 0 Å². The van der Waals surface area contributed by atoms with E-state index in [-0.39, 0.29) is 21.3 Å². The average Bonchev–Trinajstić information content (AvgIpc) is 2.39. The van der Waals surface area contributed by atoms with Gasteiger partial charge >= 0.3 is 0 Å². The second kappa shape index (κ2) is 5.26. The summed E-state index contributed by atoms with van der Waals surface area (Å²) in [6.45, 7) is 0. The summed E-state index contributed by atoms with van der Waals surface area (Å²) in [5.41, 5.74) is 0.462. The molecular weight excluding hydrogens is 286 g/mol. The third-order valence-corrected chi connectivity index (χ3v) is 3.87. The first-order valence-corrected chi connectivity index (χ1v) is 7.02. The lowest BCUT2D eigenvalue weighted by molar-refractivity contribution is 0.601. The number of sulfonamides is 1. The van der Waals surface area contributed by atoms with E-state index in [1.165, 1.54) is 30.5 Å². The van der Waals surface area contributed by atoms with Gasteiger partial charge in [0.15, 0.2) is 0 Å². The summed E-state index contributed by atoms with van der Waals surface area (Å²) in [5.74, 6) is 0. The van der Waals surface area contributed by atoms with Crippen LogP contribution in [-0.2, 0) is 10.0 Å². The molecule has 0 saturated carbocycles. The van der Waals surface area contributed by atoms with Gasteiger partial charge in [-0.15, -0.1) is 0 Å². The molecule has 0 aliphatic heterocycles. The molecule has 0 bridgehead atoms. The molecule has 0 amide bonds. The van der Waals surface area contributed by atoms with E-state index in [1.807, 2.05) is 6.07 Å². The van der Waals surface area contributed by atoms with Gasteiger partial charge in [0.05, 0.1) is 16.1 Å². The molecule has 0 radical (unpaired) electrons. The van der Waals surface area contributed by atoms with Crippen molar-refractivity contribution in [3.05, 3.63) is 53.3 Å². The second-order valence-corrected chi connectivity index (χ2v) is 5.65. The van der Waals surface area contributed by atoms with Gasteiger partial charge in [0.2, 0.25) is 0 Å². The van der Waals surface area contributed by atoms with Gasteiger partial charge < -0.3 is 0 Å². The van der Waals surface area contributed by atoms with Gasteiger partial charge in [-0.3, -0.25) is 4.72 Å². The van der Waals surface area contributed by atoms with Crippen LogP contribution in [0.2, 0.25) is 5.15 Å². The molecule has 0 spiro atoms. The Balaban J connectivity index is 2.40. The number of nitrogens with zero attached hydrogens (tertiary/aromatic N) is 2. The van der Waals surface area contributed by atoms with Crippen LogP contribution in [0.3, 0.4) is 0 Å². The minimum atomic E-state index is -3.79. The smallest absolute Gasteiger partial charge is 0.262 e. The molecule has 5 nitrogen and oxygen atoms in total. The third kappa shape index (κ3) is 3.02. The predicted octanol–water partition coefficient (Wildman–Crippen LogP) is 2.41. The number of hydrogen-bond acceptors (Lipinski definition) is 4. The number of pyridine rings is 1. The van der Waals surface area contributed by atoms with Crippen molar-refractivity contribution in [2.24, 2.45) is 0 Å². The number of rotatable bonds is 3. The number of nitrogens with one attached hydrogen (secondary N) is 1. The van der Waals surface area contributed by atoms with Gasteiger partial charge in [0.25, 0.3) is 10.0 Å². The Labute approximate surface area is 115 Å². The number of anilines is 1. The molecule has 0 fully saturated rings. The fourth-order valence-electron chi connectivity index (χ4n) is 1.43. The lowest BCUT2D eigenvalue weighted by atomic mass is 10.2. The van der Waals surface area contributed by atoms with Gasteiger partial charge in [0.1, 0.15) is 11.2 Å². The van der Waals surface area contributed by atoms with E-state index in [4.69, 9.17) is 16.9 Å². The standard InChI is InChI=1S/C12H8ClN3O2S/c13-12-7-10(5-6-15-12)19(17,18)16-11-4-2-1-3-9(11)8-14/h1-7,16H. The molecule has 1 N–H and O–H groups in total. The highest BCUT2D eigenvalue weighted by molar-refractivity contribution is 7.92. The SMILES string of the molecule is N#Cc1ccccc1NS(=O)(=O)c1ccnc(Cl)c1. The van der Waals surface area contributed by atoms with Crippen molar-refractivity contribution in [3.8, 4) is 6.07 Å². The maximum atomic E-state index is 12.1.